The number of rotatable bonds is 9. The maximum atomic E-state index is 14.6. The number of nitrogen functional groups attached to an aromatic ring is 1. The smallest absolute Gasteiger partial charge is 0.432 e. The number of alkyl halides is 2. The van der Waals surface area contributed by atoms with Crippen LogP contribution in [0.5, 0.6) is 0 Å². The second kappa shape index (κ2) is 10.8. The van der Waals surface area contributed by atoms with Gasteiger partial charge in [-0.05, 0) is 24.5 Å². The van der Waals surface area contributed by atoms with Gasteiger partial charge in [0, 0.05) is 12.6 Å². The van der Waals surface area contributed by atoms with Crippen LogP contribution in [0.15, 0.2) is 52.4 Å². The summed E-state index contributed by atoms with van der Waals surface area (Å²) in [6.45, 7) is 0.0311. The molecule has 0 bridgehead atoms. The van der Waals surface area contributed by atoms with E-state index in [0.717, 1.165) is 19.2 Å². The predicted octanol–water partition coefficient (Wildman–Crippen LogP) is -0.658. The largest absolute Gasteiger partial charge is 0.862 e. The summed E-state index contributed by atoms with van der Waals surface area (Å²) in [5.41, 5.74) is 4.77. The molecule has 0 spiro atoms. The fourth-order valence-electron chi connectivity index (χ4n) is 3.38. The Labute approximate surface area is 202 Å². The number of aliphatic hydroxyl groups is 1. The summed E-state index contributed by atoms with van der Waals surface area (Å²) in [6, 6.07) is 8.09. The number of nitrogens with two attached hydrogens (primary N) is 1. The van der Waals surface area contributed by atoms with Gasteiger partial charge in [-0.25, -0.2) is 9.36 Å². The van der Waals surface area contributed by atoms with Crippen LogP contribution in [0.2, 0.25) is 0 Å². The highest BCUT2D eigenvalue weighted by Crippen LogP contribution is 2.44. The van der Waals surface area contributed by atoms with E-state index in [4.69, 9.17) is 15.0 Å². The third-order valence-electron chi connectivity index (χ3n) is 5.06. The number of ether oxygens (including phenoxy) is 1. The van der Waals surface area contributed by atoms with Crippen molar-refractivity contribution >= 4 is 25.4 Å². The lowest BCUT2D eigenvalue weighted by molar-refractivity contribution is -0.216. The van der Waals surface area contributed by atoms with Crippen LogP contribution in [0.1, 0.15) is 18.7 Å². The van der Waals surface area contributed by atoms with E-state index in [2.05, 4.69) is 9.98 Å². The zero-order valence-corrected chi connectivity index (χ0v) is 19.6. The summed E-state index contributed by atoms with van der Waals surface area (Å²) in [5.74, 6) is -6.07. The molecule has 196 valence electrons. The Bertz CT molecular complexity index is 1220. The van der Waals surface area contributed by atoms with Gasteiger partial charge in [-0.2, -0.15) is 13.8 Å². The number of carbonyl (C=O) groups is 1. The molecule has 1 aromatic carbocycles. The molecule has 1 aliphatic heterocycles. The molecule has 1 saturated heterocycles. The van der Waals surface area contributed by atoms with Crippen molar-refractivity contribution in [1.29, 1.82) is 0 Å². The molecule has 5 atom stereocenters. The molecule has 13 nitrogen and oxygen atoms in total. The molecule has 1 aliphatic rings. The number of aliphatic hydroxyl groups excluding tert-OH is 1. The summed E-state index contributed by atoms with van der Waals surface area (Å²) < 4.78 is 51.7. The van der Waals surface area contributed by atoms with E-state index in [0.29, 0.717) is 10.1 Å². The molecule has 36 heavy (non-hydrogen) atoms. The van der Waals surface area contributed by atoms with Gasteiger partial charge >= 0.3 is 19.4 Å². The molecule has 16 heteroatoms. The minimum Gasteiger partial charge on any atom is -0.862 e. The number of aliphatic imine (C=N–C) groups is 1. The summed E-state index contributed by atoms with van der Waals surface area (Å²) in [5, 5.41) is 23.1. The number of nitrogens with one attached hydrogen (secondary N) is 1. The number of nitrogens with zero attached hydrogens (tertiary/aromatic N) is 3. The van der Waals surface area contributed by atoms with Crippen LogP contribution < -0.4 is 21.6 Å². The molecule has 5 N–H and O–H groups in total. The molecular formula is C20H23F2N5O8P-. The Morgan fingerprint density at radius 1 is 1.42 bits per heavy atom. The van der Waals surface area contributed by atoms with Crippen molar-refractivity contribution in [3.8, 4) is 0 Å². The summed E-state index contributed by atoms with van der Waals surface area (Å²) in [4.78, 5) is 41.4. The molecule has 3 rings (SSSR count). The molecule has 1 aromatic heterocycles. The quantitative estimate of drug-likeness (QED) is 0.183. The minimum atomic E-state index is -4.98. The molecule has 0 saturated carbocycles. The Morgan fingerprint density at radius 2 is 2.08 bits per heavy atom. The zero-order valence-electron chi connectivity index (χ0n) is 18.7. The normalized spacial score (nSPS) is 24.1. The third-order valence-corrected chi connectivity index (χ3v) is 6.06. The van der Waals surface area contributed by atoms with E-state index in [1.807, 2.05) is 0 Å². The first-order valence-electron chi connectivity index (χ1n) is 10.4. The highest BCUT2D eigenvalue weighted by atomic mass is 31.2. The summed E-state index contributed by atoms with van der Waals surface area (Å²) in [6.07, 6.45) is -5.90. The Morgan fingerprint density at radius 3 is 2.69 bits per heavy atom. The number of hydrogen-bond donors (Lipinski definition) is 4. The van der Waals surface area contributed by atoms with Gasteiger partial charge in [0.05, 0.1) is 6.61 Å². The van der Waals surface area contributed by atoms with Crippen molar-refractivity contribution in [2.45, 2.75) is 43.7 Å². The first-order chi connectivity index (χ1) is 16.8. The molecule has 0 radical (unpaired) electrons. The van der Waals surface area contributed by atoms with E-state index in [1.54, 1.807) is 35.4 Å². The van der Waals surface area contributed by atoms with Crippen LogP contribution in [-0.4, -0.2) is 62.1 Å². The van der Waals surface area contributed by atoms with E-state index in [-0.39, 0.29) is 12.2 Å². The van der Waals surface area contributed by atoms with Gasteiger partial charge in [-0.1, -0.05) is 30.3 Å². The first-order valence-corrected chi connectivity index (χ1v) is 12.0. The maximum absolute atomic E-state index is 14.6. The van der Waals surface area contributed by atoms with Crippen molar-refractivity contribution in [2.75, 3.05) is 12.3 Å². The number of hydrogen-bond acceptors (Lipinski definition) is 10. The van der Waals surface area contributed by atoms with Gasteiger partial charge < -0.3 is 25.6 Å². The van der Waals surface area contributed by atoms with Gasteiger partial charge in [0.1, 0.15) is 18.0 Å². The SMILES string of the molecule is CC([O-])=NC(Cc1ccccc1)C(=O)NP(=O)(O)OC[C@H]1O[C@@H](n2ccc(N)nc2=O)C(F)(F)[C@@H]1O. The Kier molecular flexibility index (Phi) is 8.21. The second-order valence-corrected chi connectivity index (χ2v) is 9.36. The highest BCUT2D eigenvalue weighted by molar-refractivity contribution is 7.51. The number of anilines is 1. The average Bonchev–Trinajstić information content (AvgIpc) is 3.01. The lowest BCUT2D eigenvalue weighted by atomic mass is 10.1. The fourth-order valence-corrected chi connectivity index (χ4v) is 4.23. The molecular weight excluding hydrogens is 507 g/mol. The van der Waals surface area contributed by atoms with Gasteiger partial charge in [-0.3, -0.25) is 24.0 Å². The zero-order chi connectivity index (χ0) is 26.7. The third kappa shape index (κ3) is 6.50. The Balaban J connectivity index is 1.68. The van der Waals surface area contributed by atoms with Gasteiger partial charge in [0.25, 0.3) is 5.91 Å². The van der Waals surface area contributed by atoms with Crippen molar-refractivity contribution in [1.82, 2.24) is 14.6 Å². The molecule has 2 aromatic rings. The van der Waals surface area contributed by atoms with Gasteiger partial charge in [-0.15, -0.1) is 0 Å². The summed E-state index contributed by atoms with van der Waals surface area (Å²) in [7, 11) is -4.98. The first kappa shape index (κ1) is 27.4. The Hall–Kier alpha value is -3.23. The van der Waals surface area contributed by atoms with Crippen LogP contribution in [0.25, 0.3) is 0 Å². The van der Waals surface area contributed by atoms with Crippen molar-refractivity contribution in [2.24, 2.45) is 4.99 Å². The molecule has 1 amide bonds. The van der Waals surface area contributed by atoms with E-state index in [9.17, 15) is 38.0 Å². The van der Waals surface area contributed by atoms with E-state index >= 15 is 0 Å². The van der Waals surface area contributed by atoms with Crippen LogP contribution in [0.3, 0.4) is 0 Å². The van der Waals surface area contributed by atoms with E-state index in [1.165, 1.54) is 0 Å². The molecule has 1 fully saturated rings. The van der Waals surface area contributed by atoms with Gasteiger partial charge in [0.15, 0.2) is 6.10 Å². The van der Waals surface area contributed by atoms with Crippen molar-refractivity contribution < 1.29 is 42.5 Å². The number of carbonyl (C=O) groups excluding carboxylic acids is 1. The lowest BCUT2D eigenvalue weighted by Crippen LogP contribution is -2.42. The fraction of sp³-hybridized carbons (Fsp3) is 0.400. The minimum absolute atomic E-state index is 0.0744. The number of benzene rings is 1. The summed E-state index contributed by atoms with van der Waals surface area (Å²) >= 11 is 0. The van der Waals surface area contributed by atoms with Crippen LogP contribution in [-0.2, 0) is 25.0 Å². The van der Waals surface area contributed by atoms with Crippen LogP contribution in [0.4, 0.5) is 14.6 Å². The van der Waals surface area contributed by atoms with Crippen molar-refractivity contribution in [3.63, 3.8) is 0 Å². The van der Waals surface area contributed by atoms with Crippen LogP contribution in [0, 0.1) is 0 Å². The van der Waals surface area contributed by atoms with Crippen molar-refractivity contribution in [3.05, 3.63) is 58.6 Å². The highest BCUT2D eigenvalue weighted by Gasteiger charge is 2.60. The topological polar surface area (TPSA) is 201 Å². The number of halogens is 2. The van der Waals surface area contributed by atoms with E-state index < -0.39 is 62.2 Å². The van der Waals surface area contributed by atoms with Crippen LogP contribution >= 0.6 is 7.75 Å². The molecule has 2 heterocycles. The van der Waals surface area contributed by atoms with Gasteiger partial charge in [0.2, 0.25) is 6.23 Å². The predicted molar refractivity (Wildman–Crippen MR) is 119 cm³/mol. The monoisotopic (exact) mass is 530 g/mol. The maximum Gasteiger partial charge on any atom is 0.432 e. The molecule has 2 unspecified atom stereocenters. The lowest BCUT2D eigenvalue weighted by Gasteiger charge is -2.21. The molecule has 0 aliphatic carbocycles. The average molecular weight is 530 g/mol. The number of aromatic nitrogens is 2. The number of amides is 1. The second-order valence-electron chi connectivity index (χ2n) is 7.83. The standard InChI is InChI=1S/C20H24F2N5O8P/c1-11(28)24-13(9-12-5-3-2-4-6-12)17(30)26-36(32,33)34-10-14-16(29)20(21,22)18(35-14)27-8-7-15(23)25-19(27)31/h2-8,13-14,16,18,29H,9-10H2,1H3,(H,24,28)(H2,23,25,31)(H2,26,30,32,33)/p-1/t13?,14-,16-,18-/m1/s1.